The molecule has 1 aromatic heterocycles. The van der Waals surface area contributed by atoms with E-state index >= 15 is 0 Å². The Labute approximate surface area is 230 Å². The molecule has 2 aliphatic heterocycles. The number of halogens is 2. The van der Waals surface area contributed by atoms with Crippen molar-refractivity contribution >= 4 is 51.6 Å². The molecular weight excluding hydrogens is 529 g/mol. The molecule has 2 fully saturated rings. The molecule has 10 nitrogen and oxygen atoms in total. The number of rotatable bonds is 6. The number of benzene rings is 2. The zero-order chi connectivity index (χ0) is 26.5. The standard InChI is InChI=1S/C26H27Cl2N7O3/c1-36-23-11-19-22(31-16-32-25(19)33-17-4-5-20(27)21(28)10-17)12-24(23)38-14-18-13-35(8-9-37-18)26(30-15-29)34-6-2-3-7-34/h4-5,10-12,16,18H,2-3,6-9,13-14H2,1H3,(H,31,32,33). The maximum atomic E-state index is 9.23. The second kappa shape index (κ2) is 11.9. The first-order chi connectivity index (χ1) is 18.6. The van der Waals surface area contributed by atoms with E-state index in [1.165, 1.54) is 6.33 Å². The summed E-state index contributed by atoms with van der Waals surface area (Å²) in [5.74, 6) is 2.40. The number of anilines is 2. The van der Waals surface area contributed by atoms with E-state index in [9.17, 15) is 5.26 Å². The summed E-state index contributed by atoms with van der Waals surface area (Å²) < 4.78 is 17.8. The Kier molecular flexibility index (Phi) is 8.17. The molecule has 3 aromatic rings. The third kappa shape index (κ3) is 5.80. The molecule has 12 heteroatoms. The molecule has 1 N–H and O–H groups in total. The Morgan fingerprint density at radius 1 is 1.13 bits per heavy atom. The van der Waals surface area contributed by atoms with Gasteiger partial charge in [-0.05, 0) is 37.1 Å². The second-order valence-corrected chi connectivity index (χ2v) is 9.77. The molecular formula is C26H27Cl2N7O3. The van der Waals surface area contributed by atoms with Crippen molar-refractivity contribution < 1.29 is 14.2 Å². The summed E-state index contributed by atoms with van der Waals surface area (Å²) in [4.78, 5) is 17.2. The van der Waals surface area contributed by atoms with E-state index in [1.54, 1.807) is 19.2 Å². The van der Waals surface area contributed by atoms with Crippen molar-refractivity contribution in [3.05, 3.63) is 46.7 Å². The van der Waals surface area contributed by atoms with Crippen LogP contribution in [-0.2, 0) is 4.74 Å². The second-order valence-electron chi connectivity index (χ2n) is 8.95. The number of hydrogen-bond donors (Lipinski definition) is 1. The lowest BCUT2D eigenvalue weighted by Gasteiger charge is -2.37. The molecule has 0 saturated carbocycles. The summed E-state index contributed by atoms with van der Waals surface area (Å²) in [6.07, 6.45) is 5.46. The van der Waals surface area contributed by atoms with Gasteiger partial charge in [-0.25, -0.2) is 9.97 Å². The highest BCUT2D eigenvalue weighted by atomic mass is 35.5. The van der Waals surface area contributed by atoms with E-state index in [0.717, 1.165) is 43.0 Å². The van der Waals surface area contributed by atoms with Crippen LogP contribution < -0.4 is 14.8 Å². The van der Waals surface area contributed by atoms with Crippen LogP contribution in [0.4, 0.5) is 11.5 Å². The Morgan fingerprint density at radius 3 is 2.74 bits per heavy atom. The first-order valence-electron chi connectivity index (χ1n) is 12.3. The molecule has 38 heavy (non-hydrogen) atoms. The molecule has 2 saturated heterocycles. The zero-order valence-corrected chi connectivity index (χ0v) is 22.4. The molecule has 0 amide bonds. The van der Waals surface area contributed by atoms with E-state index in [-0.39, 0.29) is 6.10 Å². The van der Waals surface area contributed by atoms with Gasteiger partial charge in [-0.2, -0.15) is 5.26 Å². The predicted molar refractivity (Wildman–Crippen MR) is 146 cm³/mol. The maximum absolute atomic E-state index is 9.23. The maximum Gasteiger partial charge on any atom is 0.212 e. The van der Waals surface area contributed by atoms with Gasteiger partial charge >= 0.3 is 0 Å². The largest absolute Gasteiger partial charge is 0.493 e. The molecule has 5 rings (SSSR count). The van der Waals surface area contributed by atoms with Crippen LogP contribution in [0, 0.1) is 11.5 Å². The number of nitriles is 1. The van der Waals surface area contributed by atoms with E-state index in [2.05, 4.69) is 30.1 Å². The number of hydrogen-bond acceptors (Lipinski definition) is 8. The minimum absolute atomic E-state index is 0.201. The van der Waals surface area contributed by atoms with Crippen LogP contribution in [0.2, 0.25) is 10.0 Å². The van der Waals surface area contributed by atoms with Crippen molar-refractivity contribution in [3.63, 3.8) is 0 Å². The number of likely N-dealkylation sites (tertiary alicyclic amines) is 1. The summed E-state index contributed by atoms with van der Waals surface area (Å²) in [6, 6.07) is 8.93. The fourth-order valence-corrected chi connectivity index (χ4v) is 4.93. The highest BCUT2D eigenvalue weighted by Gasteiger charge is 2.28. The van der Waals surface area contributed by atoms with Gasteiger partial charge in [0.15, 0.2) is 11.5 Å². The molecule has 0 aliphatic carbocycles. The Hall–Kier alpha value is -3.52. The number of aliphatic imine (C=N–C) groups is 1. The summed E-state index contributed by atoms with van der Waals surface area (Å²) >= 11 is 12.2. The number of methoxy groups -OCH3 is 1. The van der Waals surface area contributed by atoms with Crippen molar-refractivity contribution in [2.24, 2.45) is 4.99 Å². The average Bonchev–Trinajstić information content (AvgIpc) is 3.47. The minimum Gasteiger partial charge on any atom is -0.493 e. The smallest absolute Gasteiger partial charge is 0.212 e. The number of nitrogens with zero attached hydrogens (tertiary/aromatic N) is 6. The summed E-state index contributed by atoms with van der Waals surface area (Å²) in [5.41, 5.74) is 1.42. The van der Waals surface area contributed by atoms with Gasteiger partial charge in [-0.15, -0.1) is 4.99 Å². The topological polar surface area (TPSA) is 108 Å². The van der Waals surface area contributed by atoms with Gasteiger partial charge in [0.25, 0.3) is 0 Å². The van der Waals surface area contributed by atoms with Gasteiger partial charge in [0.05, 0.1) is 35.8 Å². The van der Waals surface area contributed by atoms with Gasteiger partial charge < -0.3 is 29.3 Å². The predicted octanol–water partition coefficient (Wildman–Crippen LogP) is 4.70. The van der Waals surface area contributed by atoms with Gasteiger partial charge in [-0.1, -0.05) is 23.2 Å². The SMILES string of the molecule is COc1cc2c(Nc3ccc(Cl)c(Cl)c3)ncnc2cc1OCC1CN(C(=NC#N)N2CCCC2)CCO1. The number of guanidine groups is 1. The number of nitrogens with one attached hydrogen (secondary N) is 1. The van der Waals surface area contributed by atoms with E-state index in [1.807, 2.05) is 24.4 Å². The monoisotopic (exact) mass is 555 g/mol. The van der Waals surface area contributed by atoms with Gasteiger partial charge in [0.2, 0.25) is 12.2 Å². The fourth-order valence-electron chi connectivity index (χ4n) is 4.63. The summed E-state index contributed by atoms with van der Waals surface area (Å²) in [5, 5.41) is 14.2. The van der Waals surface area contributed by atoms with Crippen LogP contribution in [0.5, 0.6) is 11.5 Å². The van der Waals surface area contributed by atoms with Gasteiger partial charge in [-0.3, -0.25) is 0 Å². The molecule has 1 atom stereocenters. The van der Waals surface area contributed by atoms with Crippen LogP contribution in [0.3, 0.4) is 0 Å². The van der Waals surface area contributed by atoms with Gasteiger partial charge in [0, 0.05) is 36.8 Å². The number of ether oxygens (including phenoxy) is 3. The quantitative estimate of drug-likeness (QED) is 0.263. The lowest BCUT2D eigenvalue weighted by atomic mass is 10.2. The fraction of sp³-hybridized carbons (Fsp3) is 0.385. The first kappa shape index (κ1) is 26.1. The Bertz CT molecular complexity index is 1370. The number of morpholine rings is 1. The minimum atomic E-state index is -0.201. The van der Waals surface area contributed by atoms with Crippen molar-refractivity contribution in [2.75, 3.05) is 51.8 Å². The van der Waals surface area contributed by atoms with Crippen LogP contribution in [0.25, 0.3) is 10.9 Å². The van der Waals surface area contributed by atoms with Crippen molar-refractivity contribution in [2.45, 2.75) is 18.9 Å². The Morgan fingerprint density at radius 2 is 1.97 bits per heavy atom. The molecule has 0 bridgehead atoms. The zero-order valence-electron chi connectivity index (χ0n) is 20.9. The highest BCUT2D eigenvalue weighted by molar-refractivity contribution is 6.42. The van der Waals surface area contributed by atoms with Crippen LogP contribution >= 0.6 is 23.2 Å². The molecule has 0 spiro atoms. The normalized spacial score (nSPS) is 17.9. The van der Waals surface area contributed by atoms with Crippen molar-refractivity contribution in [1.29, 1.82) is 5.26 Å². The van der Waals surface area contributed by atoms with E-state index < -0.39 is 0 Å². The van der Waals surface area contributed by atoms with Crippen LogP contribution in [0.1, 0.15) is 12.8 Å². The third-order valence-electron chi connectivity index (χ3n) is 6.49. The molecule has 198 valence electrons. The van der Waals surface area contributed by atoms with E-state index in [4.69, 9.17) is 37.4 Å². The van der Waals surface area contributed by atoms with Crippen LogP contribution in [-0.4, -0.2) is 78.3 Å². The molecule has 2 aliphatic rings. The third-order valence-corrected chi connectivity index (χ3v) is 7.23. The van der Waals surface area contributed by atoms with E-state index in [0.29, 0.717) is 59.2 Å². The number of aromatic nitrogens is 2. The average molecular weight is 556 g/mol. The lowest BCUT2D eigenvalue weighted by molar-refractivity contribution is -0.0315. The lowest BCUT2D eigenvalue weighted by Crippen LogP contribution is -2.52. The number of fused-ring (bicyclic) bond motifs is 1. The molecule has 3 heterocycles. The summed E-state index contributed by atoms with van der Waals surface area (Å²) in [7, 11) is 1.59. The Balaban J connectivity index is 1.31. The molecule has 0 radical (unpaired) electrons. The van der Waals surface area contributed by atoms with Crippen molar-refractivity contribution in [1.82, 2.24) is 19.8 Å². The first-order valence-corrected chi connectivity index (χ1v) is 13.1. The molecule has 2 aromatic carbocycles. The highest BCUT2D eigenvalue weighted by Crippen LogP contribution is 2.35. The van der Waals surface area contributed by atoms with Crippen molar-refractivity contribution in [3.8, 4) is 17.7 Å². The summed E-state index contributed by atoms with van der Waals surface area (Å²) in [6.45, 7) is 3.91. The van der Waals surface area contributed by atoms with Gasteiger partial charge in [0.1, 0.15) is 24.9 Å². The van der Waals surface area contributed by atoms with Crippen LogP contribution in [0.15, 0.2) is 41.7 Å². The molecule has 1 unspecified atom stereocenters.